The molecule has 1 aliphatic carbocycles. The van der Waals surface area contributed by atoms with Crippen molar-refractivity contribution >= 4 is 44.5 Å². The third-order valence-electron chi connectivity index (χ3n) is 6.06. The van der Waals surface area contributed by atoms with E-state index in [0.717, 1.165) is 53.0 Å². The van der Waals surface area contributed by atoms with E-state index in [2.05, 4.69) is 30.6 Å². The number of nitrogens with one attached hydrogen (secondary N) is 2. The quantitative estimate of drug-likeness (QED) is 0.433. The van der Waals surface area contributed by atoms with Gasteiger partial charge in [0.25, 0.3) is 0 Å². The van der Waals surface area contributed by atoms with Crippen molar-refractivity contribution in [2.75, 3.05) is 39.6 Å². The zero-order chi connectivity index (χ0) is 22.9. The van der Waals surface area contributed by atoms with Gasteiger partial charge in [0.1, 0.15) is 22.5 Å². The van der Waals surface area contributed by atoms with E-state index in [1.165, 1.54) is 10.4 Å². The predicted octanol–water partition coefficient (Wildman–Crippen LogP) is 2.87. The van der Waals surface area contributed by atoms with Crippen molar-refractivity contribution in [3.63, 3.8) is 0 Å². The van der Waals surface area contributed by atoms with Crippen LogP contribution >= 0.6 is 11.3 Å². The van der Waals surface area contributed by atoms with Gasteiger partial charge in [0.05, 0.1) is 24.4 Å². The lowest BCUT2D eigenvalue weighted by molar-refractivity contribution is -0.125. The molecule has 9 nitrogen and oxygen atoms in total. The molecule has 0 unspecified atom stereocenters. The Morgan fingerprint density at radius 1 is 1.33 bits per heavy atom. The number of hydrogen-bond acceptors (Lipinski definition) is 8. The van der Waals surface area contributed by atoms with Crippen LogP contribution in [0.2, 0.25) is 0 Å². The molecular weight excluding hydrogens is 438 g/mol. The van der Waals surface area contributed by atoms with E-state index >= 15 is 0 Å². The normalized spacial score (nSPS) is 15.7. The highest BCUT2D eigenvalue weighted by Crippen LogP contribution is 2.41. The topological polar surface area (TPSA) is 96.7 Å². The Kier molecular flexibility index (Phi) is 5.86. The van der Waals surface area contributed by atoms with Crippen LogP contribution < -0.4 is 15.4 Å². The van der Waals surface area contributed by atoms with Crippen molar-refractivity contribution < 1.29 is 9.53 Å². The van der Waals surface area contributed by atoms with Crippen molar-refractivity contribution in [2.45, 2.75) is 19.3 Å². The summed E-state index contributed by atoms with van der Waals surface area (Å²) in [6.45, 7) is 1.51. The van der Waals surface area contributed by atoms with Crippen molar-refractivity contribution in [3.05, 3.63) is 41.3 Å². The maximum absolute atomic E-state index is 12.7. The van der Waals surface area contributed by atoms with Crippen LogP contribution in [0.4, 0.5) is 11.5 Å². The van der Waals surface area contributed by atoms with Crippen molar-refractivity contribution in [2.24, 2.45) is 5.92 Å². The number of amides is 1. The molecule has 4 aromatic heterocycles. The lowest BCUT2D eigenvalue weighted by Crippen LogP contribution is -2.37. The molecule has 1 atom stereocenters. The number of pyridine rings is 1. The Bertz CT molecular complexity index is 1310. The predicted molar refractivity (Wildman–Crippen MR) is 130 cm³/mol. The van der Waals surface area contributed by atoms with Gasteiger partial charge in [-0.3, -0.25) is 4.79 Å². The molecule has 172 valence electrons. The van der Waals surface area contributed by atoms with Crippen molar-refractivity contribution in [3.8, 4) is 5.75 Å². The fraction of sp³-hybridized carbons (Fsp3) is 0.391. The van der Waals surface area contributed by atoms with Crippen LogP contribution in [-0.4, -0.2) is 64.7 Å². The first-order chi connectivity index (χ1) is 16.0. The number of carbonyl (C=O) groups is 1. The zero-order valence-electron chi connectivity index (χ0n) is 19.0. The zero-order valence-corrected chi connectivity index (χ0v) is 19.8. The van der Waals surface area contributed by atoms with Gasteiger partial charge >= 0.3 is 0 Å². The number of hydrogen-bond donors (Lipinski definition) is 2. The average Bonchev–Trinajstić information content (AvgIpc) is 3.43. The first-order valence-electron chi connectivity index (χ1n) is 11.0. The van der Waals surface area contributed by atoms with Crippen LogP contribution in [0, 0.1) is 5.92 Å². The molecule has 0 radical (unpaired) electrons. The summed E-state index contributed by atoms with van der Waals surface area (Å²) in [5.74, 6) is 1.61. The minimum Gasteiger partial charge on any atom is -0.492 e. The van der Waals surface area contributed by atoms with E-state index in [-0.39, 0.29) is 11.8 Å². The molecule has 0 spiro atoms. The number of anilines is 2. The molecule has 5 rings (SSSR count). The Morgan fingerprint density at radius 2 is 2.21 bits per heavy atom. The van der Waals surface area contributed by atoms with E-state index in [1.807, 2.05) is 32.4 Å². The largest absolute Gasteiger partial charge is 0.492 e. The van der Waals surface area contributed by atoms with Gasteiger partial charge < -0.3 is 20.3 Å². The molecular formula is C23H27N7O2S. The summed E-state index contributed by atoms with van der Waals surface area (Å²) in [5, 5.41) is 11.9. The summed E-state index contributed by atoms with van der Waals surface area (Å²) >= 11 is 1.66. The monoisotopic (exact) mass is 465 g/mol. The van der Waals surface area contributed by atoms with Crippen LogP contribution in [-0.2, 0) is 17.6 Å². The van der Waals surface area contributed by atoms with Gasteiger partial charge in [0.15, 0.2) is 5.75 Å². The summed E-state index contributed by atoms with van der Waals surface area (Å²) in [7, 11) is 5.66. The van der Waals surface area contributed by atoms with E-state index < -0.39 is 0 Å². The minimum atomic E-state index is 0.00135. The Hall–Kier alpha value is -3.24. The molecule has 0 saturated carbocycles. The Balaban J connectivity index is 1.42. The molecule has 0 fully saturated rings. The number of ether oxygens (including phenoxy) is 1. The third-order valence-corrected chi connectivity index (χ3v) is 7.22. The highest BCUT2D eigenvalue weighted by Gasteiger charge is 2.29. The molecule has 1 amide bonds. The highest BCUT2D eigenvalue weighted by molar-refractivity contribution is 7.19. The molecule has 0 bridgehead atoms. The number of thiophene rings is 1. The van der Waals surface area contributed by atoms with E-state index in [4.69, 9.17) is 4.74 Å². The second-order valence-electron chi connectivity index (χ2n) is 8.49. The van der Waals surface area contributed by atoms with E-state index in [0.29, 0.717) is 12.3 Å². The maximum Gasteiger partial charge on any atom is 0.223 e. The van der Waals surface area contributed by atoms with Gasteiger partial charge in [-0.15, -0.1) is 11.3 Å². The first-order valence-corrected chi connectivity index (χ1v) is 11.8. The molecule has 1 aliphatic rings. The molecule has 2 N–H and O–H groups in total. The molecule has 33 heavy (non-hydrogen) atoms. The Morgan fingerprint density at radius 3 is 3.03 bits per heavy atom. The molecule has 0 saturated heterocycles. The van der Waals surface area contributed by atoms with Gasteiger partial charge in [0.2, 0.25) is 5.91 Å². The molecule has 10 heteroatoms. The van der Waals surface area contributed by atoms with Gasteiger partial charge in [0, 0.05) is 30.1 Å². The second-order valence-corrected chi connectivity index (χ2v) is 9.57. The number of aryl methyl sites for hydroxylation is 1. The molecule has 0 aliphatic heterocycles. The SMILES string of the molecule is COc1c(Nc2ncnc3sc4c(c23)CC[C@H](C(=O)NCCN(C)C)C4)ccn2nccc12. The van der Waals surface area contributed by atoms with E-state index in [1.54, 1.807) is 35.5 Å². The summed E-state index contributed by atoms with van der Waals surface area (Å²) in [6.07, 6.45) is 7.62. The Labute approximate surface area is 195 Å². The van der Waals surface area contributed by atoms with Crippen LogP contribution in [0.25, 0.3) is 15.7 Å². The van der Waals surface area contributed by atoms with Crippen molar-refractivity contribution in [1.29, 1.82) is 0 Å². The van der Waals surface area contributed by atoms with Crippen LogP contribution in [0.5, 0.6) is 5.75 Å². The molecule has 4 heterocycles. The van der Waals surface area contributed by atoms with Gasteiger partial charge in [-0.25, -0.2) is 14.5 Å². The summed E-state index contributed by atoms with van der Waals surface area (Å²) in [6, 6.07) is 3.84. The number of carbonyl (C=O) groups excluding carboxylic acids is 1. The first kappa shape index (κ1) is 21.6. The standard InChI is InChI=1S/C23H27N7O2S/c1-29(2)11-9-24-22(31)14-4-5-15-18(12-14)33-23-19(15)21(25-13-26-23)28-16-7-10-30-17(6-8-27-30)20(16)32-3/h6-8,10,13-14H,4-5,9,11-12H2,1-3H3,(H,24,31)(H,25,26,28)/t14-/m0/s1. The van der Waals surface area contributed by atoms with Crippen LogP contribution in [0.15, 0.2) is 30.9 Å². The summed E-state index contributed by atoms with van der Waals surface area (Å²) < 4.78 is 7.44. The number of rotatable bonds is 7. The second kappa shape index (κ2) is 8.95. The number of likely N-dealkylation sites (N-methyl/N-ethyl adjacent to an activating group) is 1. The lowest BCUT2D eigenvalue weighted by Gasteiger charge is -2.22. The fourth-order valence-electron chi connectivity index (χ4n) is 4.39. The van der Waals surface area contributed by atoms with Gasteiger partial charge in [-0.2, -0.15) is 5.10 Å². The summed E-state index contributed by atoms with van der Waals surface area (Å²) in [4.78, 5) is 26.0. The molecule has 0 aromatic carbocycles. The minimum absolute atomic E-state index is 0.00135. The number of methoxy groups -OCH3 is 1. The fourth-order valence-corrected chi connectivity index (χ4v) is 5.66. The number of nitrogens with zero attached hydrogens (tertiary/aromatic N) is 5. The van der Waals surface area contributed by atoms with Gasteiger partial charge in [-0.05, 0) is 51.1 Å². The third kappa shape index (κ3) is 4.11. The lowest BCUT2D eigenvalue weighted by atomic mass is 9.87. The number of fused-ring (bicyclic) bond motifs is 4. The van der Waals surface area contributed by atoms with Crippen LogP contribution in [0.1, 0.15) is 16.9 Å². The maximum atomic E-state index is 12.7. The van der Waals surface area contributed by atoms with E-state index in [9.17, 15) is 4.79 Å². The average molecular weight is 466 g/mol. The smallest absolute Gasteiger partial charge is 0.223 e. The van der Waals surface area contributed by atoms with Crippen LogP contribution in [0.3, 0.4) is 0 Å². The number of aromatic nitrogens is 4. The van der Waals surface area contributed by atoms with Gasteiger partial charge in [-0.1, -0.05) is 0 Å². The highest BCUT2D eigenvalue weighted by atomic mass is 32.1. The molecule has 4 aromatic rings. The van der Waals surface area contributed by atoms with Crippen molar-refractivity contribution in [1.82, 2.24) is 29.8 Å². The summed E-state index contributed by atoms with van der Waals surface area (Å²) in [5.41, 5.74) is 2.95.